The van der Waals surface area contributed by atoms with E-state index in [1.807, 2.05) is 31.2 Å². The van der Waals surface area contributed by atoms with Crippen molar-refractivity contribution in [3.05, 3.63) is 88.4 Å². The molecular formula is C23H21ClN2O3S. The molecule has 154 valence electrons. The number of carbonyl (C=O) groups excluding carboxylic acids is 1. The maximum absolute atomic E-state index is 13.0. The van der Waals surface area contributed by atoms with Crippen LogP contribution >= 0.6 is 11.6 Å². The largest absolute Gasteiger partial charge is 0.322 e. The second kappa shape index (κ2) is 8.13. The third-order valence-corrected chi connectivity index (χ3v) is 7.32. The summed E-state index contributed by atoms with van der Waals surface area (Å²) in [5.41, 5.74) is 3.80. The van der Waals surface area contributed by atoms with Gasteiger partial charge in [-0.05, 0) is 72.5 Å². The molecule has 1 amide bonds. The van der Waals surface area contributed by atoms with Crippen molar-refractivity contribution in [2.45, 2.75) is 24.7 Å². The molecule has 30 heavy (non-hydrogen) atoms. The van der Waals surface area contributed by atoms with Crippen LogP contribution in [0.15, 0.2) is 71.6 Å². The lowest BCUT2D eigenvalue weighted by Gasteiger charge is -2.20. The molecule has 0 saturated carbocycles. The van der Waals surface area contributed by atoms with Gasteiger partial charge in [-0.25, -0.2) is 8.42 Å². The summed E-state index contributed by atoms with van der Waals surface area (Å²) >= 11 is 5.88. The number of amides is 1. The van der Waals surface area contributed by atoms with Crippen LogP contribution in [0.5, 0.6) is 0 Å². The fraction of sp³-hybridized carbons (Fsp3) is 0.174. The molecule has 0 aliphatic carbocycles. The van der Waals surface area contributed by atoms with Crippen molar-refractivity contribution in [3.8, 4) is 0 Å². The summed E-state index contributed by atoms with van der Waals surface area (Å²) in [6.07, 6.45) is 1.37. The van der Waals surface area contributed by atoms with Gasteiger partial charge in [0.15, 0.2) is 0 Å². The number of rotatable bonds is 5. The standard InChI is InChI=1S/C23H21ClN2O3S/c1-2-16-5-3-4-6-21(16)25-23(27)18-7-12-22-17(15-18)13-14-26(22)30(28,29)20-10-8-19(24)9-11-20/h3-12,15H,2,13-14H2,1H3,(H,25,27). The van der Waals surface area contributed by atoms with E-state index in [0.717, 1.165) is 23.2 Å². The zero-order chi connectivity index (χ0) is 21.3. The van der Waals surface area contributed by atoms with Gasteiger partial charge in [0.2, 0.25) is 0 Å². The topological polar surface area (TPSA) is 66.5 Å². The summed E-state index contributed by atoms with van der Waals surface area (Å²) < 4.78 is 27.5. The molecule has 0 bridgehead atoms. The Balaban J connectivity index is 1.59. The zero-order valence-electron chi connectivity index (χ0n) is 16.4. The van der Waals surface area contributed by atoms with Gasteiger partial charge in [-0.15, -0.1) is 0 Å². The first-order valence-corrected chi connectivity index (χ1v) is 11.5. The number of benzene rings is 3. The molecule has 0 atom stereocenters. The van der Waals surface area contributed by atoms with E-state index >= 15 is 0 Å². The summed E-state index contributed by atoms with van der Waals surface area (Å²) in [5, 5.41) is 3.44. The van der Waals surface area contributed by atoms with E-state index in [1.54, 1.807) is 30.3 Å². The fourth-order valence-electron chi connectivity index (χ4n) is 3.64. The summed E-state index contributed by atoms with van der Waals surface area (Å²) in [4.78, 5) is 13.0. The lowest BCUT2D eigenvalue weighted by molar-refractivity contribution is 0.102. The van der Waals surface area contributed by atoms with Gasteiger partial charge < -0.3 is 5.32 Å². The third-order valence-electron chi connectivity index (χ3n) is 5.24. The van der Waals surface area contributed by atoms with E-state index in [-0.39, 0.29) is 10.8 Å². The van der Waals surface area contributed by atoms with Gasteiger partial charge >= 0.3 is 0 Å². The lowest BCUT2D eigenvalue weighted by atomic mass is 10.1. The van der Waals surface area contributed by atoms with Gasteiger partial charge in [0, 0.05) is 22.8 Å². The van der Waals surface area contributed by atoms with Crippen LogP contribution in [0.25, 0.3) is 0 Å². The number of anilines is 2. The zero-order valence-corrected chi connectivity index (χ0v) is 18.0. The van der Waals surface area contributed by atoms with Gasteiger partial charge in [0.25, 0.3) is 15.9 Å². The quantitative estimate of drug-likeness (QED) is 0.613. The average Bonchev–Trinajstić information content (AvgIpc) is 3.18. The molecule has 3 aromatic rings. The van der Waals surface area contributed by atoms with Gasteiger partial charge in [0.05, 0.1) is 10.6 Å². The number of carbonyl (C=O) groups is 1. The van der Waals surface area contributed by atoms with E-state index in [0.29, 0.717) is 29.2 Å². The Morgan fingerprint density at radius 3 is 2.53 bits per heavy atom. The molecule has 1 aliphatic heterocycles. The van der Waals surface area contributed by atoms with E-state index < -0.39 is 10.0 Å². The van der Waals surface area contributed by atoms with Crippen molar-refractivity contribution < 1.29 is 13.2 Å². The van der Waals surface area contributed by atoms with Crippen molar-refractivity contribution in [2.24, 2.45) is 0 Å². The maximum Gasteiger partial charge on any atom is 0.264 e. The fourth-order valence-corrected chi connectivity index (χ4v) is 5.27. The second-order valence-electron chi connectivity index (χ2n) is 7.09. The van der Waals surface area contributed by atoms with Crippen LogP contribution in [0.2, 0.25) is 5.02 Å². The van der Waals surface area contributed by atoms with Gasteiger partial charge in [-0.3, -0.25) is 9.10 Å². The predicted octanol–water partition coefficient (Wildman–Crippen LogP) is 4.91. The molecule has 3 aromatic carbocycles. The molecule has 1 N–H and O–H groups in total. The molecule has 0 saturated heterocycles. The van der Waals surface area contributed by atoms with Gasteiger partial charge in [0.1, 0.15) is 0 Å². The molecule has 7 heteroatoms. The number of hydrogen-bond donors (Lipinski definition) is 1. The van der Waals surface area contributed by atoms with Crippen LogP contribution in [0, 0.1) is 0 Å². The van der Waals surface area contributed by atoms with Crippen molar-refractivity contribution in [3.63, 3.8) is 0 Å². The summed E-state index contributed by atoms with van der Waals surface area (Å²) in [6, 6.07) is 19.0. The number of aryl methyl sites for hydroxylation is 1. The number of nitrogens with zero attached hydrogens (tertiary/aromatic N) is 1. The first-order chi connectivity index (χ1) is 14.4. The van der Waals surface area contributed by atoms with Crippen LogP contribution in [-0.4, -0.2) is 20.9 Å². The highest BCUT2D eigenvalue weighted by Crippen LogP contribution is 2.34. The molecule has 5 nitrogen and oxygen atoms in total. The number of fused-ring (bicyclic) bond motifs is 1. The smallest absolute Gasteiger partial charge is 0.264 e. The number of hydrogen-bond acceptors (Lipinski definition) is 3. The molecule has 1 heterocycles. The Hall–Kier alpha value is -2.83. The molecule has 0 unspecified atom stereocenters. The van der Waals surface area contributed by atoms with Crippen molar-refractivity contribution in [1.29, 1.82) is 0 Å². The molecule has 0 radical (unpaired) electrons. The number of para-hydroxylation sites is 1. The van der Waals surface area contributed by atoms with Crippen LogP contribution < -0.4 is 9.62 Å². The van der Waals surface area contributed by atoms with Crippen molar-refractivity contribution in [1.82, 2.24) is 0 Å². The van der Waals surface area contributed by atoms with E-state index in [2.05, 4.69) is 5.32 Å². The minimum Gasteiger partial charge on any atom is -0.322 e. The van der Waals surface area contributed by atoms with Crippen LogP contribution in [0.1, 0.15) is 28.4 Å². The molecule has 4 rings (SSSR count). The van der Waals surface area contributed by atoms with E-state index in [9.17, 15) is 13.2 Å². The number of sulfonamides is 1. The van der Waals surface area contributed by atoms with Crippen molar-refractivity contribution in [2.75, 3.05) is 16.2 Å². The minimum absolute atomic E-state index is 0.192. The van der Waals surface area contributed by atoms with E-state index in [1.165, 1.54) is 16.4 Å². The Morgan fingerprint density at radius 1 is 1.07 bits per heavy atom. The number of halogens is 1. The van der Waals surface area contributed by atoms with Crippen molar-refractivity contribution >= 4 is 38.9 Å². The van der Waals surface area contributed by atoms with Crippen LogP contribution in [-0.2, 0) is 22.9 Å². The van der Waals surface area contributed by atoms with Gasteiger partial charge in [-0.1, -0.05) is 36.7 Å². The second-order valence-corrected chi connectivity index (χ2v) is 9.39. The monoisotopic (exact) mass is 440 g/mol. The summed E-state index contributed by atoms with van der Waals surface area (Å²) in [6.45, 7) is 2.38. The molecule has 0 spiro atoms. The number of nitrogens with one attached hydrogen (secondary N) is 1. The molecule has 1 aliphatic rings. The molecule has 0 aromatic heterocycles. The average molecular weight is 441 g/mol. The van der Waals surface area contributed by atoms with Gasteiger partial charge in [-0.2, -0.15) is 0 Å². The maximum atomic E-state index is 13.0. The lowest BCUT2D eigenvalue weighted by Crippen LogP contribution is -2.29. The first kappa shape index (κ1) is 20.4. The Kier molecular flexibility index (Phi) is 5.54. The highest BCUT2D eigenvalue weighted by atomic mass is 35.5. The Morgan fingerprint density at radius 2 is 1.80 bits per heavy atom. The first-order valence-electron chi connectivity index (χ1n) is 9.70. The SMILES string of the molecule is CCc1ccccc1NC(=O)c1ccc2c(c1)CCN2S(=O)(=O)c1ccc(Cl)cc1. The normalized spacial score (nSPS) is 13.2. The highest BCUT2D eigenvalue weighted by Gasteiger charge is 2.31. The summed E-state index contributed by atoms with van der Waals surface area (Å²) in [5.74, 6) is -0.210. The highest BCUT2D eigenvalue weighted by molar-refractivity contribution is 7.92. The summed E-state index contributed by atoms with van der Waals surface area (Å²) in [7, 11) is -3.69. The third kappa shape index (κ3) is 3.80. The molecular weight excluding hydrogens is 420 g/mol. The predicted molar refractivity (Wildman–Crippen MR) is 120 cm³/mol. The van der Waals surface area contributed by atoms with Crippen LogP contribution in [0.3, 0.4) is 0 Å². The Bertz CT molecular complexity index is 1210. The minimum atomic E-state index is -3.69. The molecule has 0 fully saturated rings. The van der Waals surface area contributed by atoms with E-state index in [4.69, 9.17) is 11.6 Å². The van der Waals surface area contributed by atoms with Crippen LogP contribution in [0.4, 0.5) is 11.4 Å². The Labute approximate surface area is 181 Å².